The van der Waals surface area contributed by atoms with Crippen molar-refractivity contribution in [3.63, 3.8) is 0 Å². The molecule has 0 radical (unpaired) electrons. The summed E-state index contributed by atoms with van der Waals surface area (Å²) in [7, 11) is 0. The maximum atomic E-state index is 14.1. The second kappa shape index (κ2) is 24.9. The van der Waals surface area contributed by atoms with Gasteiger partial charge in [-0.2, -0.15) is 0 Å². The predicted molar refractivity (Wildman–Crippen MR) is 303 cm³/mol. The normalized spacial score (nSPS) is 20.1. The number of aliphatic carboxylic acids is 1. The summed E-state index contributed by atoms with van der Waals surface area (Å²) >= 11 is 19.9. The Morgan fingerprint density at radius 1 is 0.714 bits per heavy atom. The van der Waals surface area contributed by atoms with E-state index in [0.717, 1.165) is 98.8 Å². The van der Waals surface area contributed by atoms with Crippen LogP contribution in [0.3, 0.4) is 0 Å². The molecule has 77 heavy (non-hydrogen) atoms. The minimum atomic E-state index is -1.06. The fourth-order valence-corrected chi connectivity index (χ4v) is 12.0. The summed E-state index contributed by atoms with van der Waals surface area (Å²) in [6, 6.07) is 13.9. The first-order valence-electron chi connectivity index (χ1n) is 26.4. The summed E-state index contributed by atoms with van der Waals surface area (Å²) in [6.45, 7) is 15.6. The van der Waals surface area contributed by atoms with Gasteiger partial charge in [0.05, 0.1) is 29.8 Å². The molecule has 3 unspecified atom stereocenters. The number of imidazole rings is 1. The molecule has 2 aliphatic heterocycles. The first-order chi connectivity index (χ1) is 36.6. The van der Waals surface area contributed by atoms with E-state index in [1.54, 1.807) is 38.2 Å². The molecule has 16 nitrogen and oxygen atoms in total. The molecule has 5 aromatic rings. The Balaban J connectivity index is 0.000000212. The van der Waals surface area contributed by atoms with Gasteiger partial charge in [-0.3, -0.25) is 34.4 Å². The van der Waals surface area contributed by atoms with Gasteiger partial charge in [0.25, 0.3) is 0 Å². The van der Waals surface area contributed by atoms with Gasteiger partial charge in [0.2, 0.25) is 5.91 Å². The summed E-state index contributed by atoms with van der Waals surface area (Å²) in [5.74, 6) is -1.15. The number of fused-ring (bicyclic) bond motifs is 4. The summed E-state index contributed by atoms with van der Waals surface area (Å²) in [5.41, 5.74) is 8.27. The van der Waals surface area contributed by atoms with E-state index in [-0.39, 0.29) is 37.0 Å². The smallest absolute Gasteiger partial charge is 0.411 e. The van der Waals surface area contributed by atoms with Crippen molar-refractivity contribution in [1.29, 1.82) is 0 Å². The highest BCUT2D eigenvalue weighted by Gasteiger charge is 2.44. The fraction of sp³-hybridized carbons (Fsp3) is 0.491. The van der Waals surface area contributed by atoms with E-state index in [9.17, 15) is 24.3 Å². The zero-order valence-corrected chi connectivity index (χ0v) is 49.4. The van der Waals surface area contributed by atoms with Gasteiger partial charge in [-0.05, 0) is 175 Å². The molecule has 2 fully saturated rings. The largest absolute Gasteiger partial charge is 0.480 e. The number of carboxylic acids is 1. The van der Waals surface area contributed by atoms with E-state index >= 15 is 0 Å². The number of aromatic nitrogens is 4. The van der Waals surface area contributed by atoms with Gasteiger partial charge in [-0.1, -0.05) is 55.1 Å². The lowest BCUT2D eigenvalue weighted by atomic mass is 9.95. The number of aromatic amines is 1. The van der Waals surface area contributed by atoms with E-state index in [4.69, 9.17) is 42.6 Å². The van der Waals surface area contributed by atoms with Crippen LogP contribution in [0.4, 0.5) is 9.59 Å². The van der Waals surface area contributed by atoms with E-state index in [0.29, 0.717) is 42.8 Å². The Hall–Kier alpha value is -5.11. The van der Waals surface area contributed by atoms with Gasteiger partial charge in [0.1, 0.15) is 23.3 Å². The summed E-state index contributed by atoms with van der Waals surface area (Å²) < 4.78 is 13.1. The van der Waals surface area contributed by atoms with Crippen LogP contribution in [0, 0.1) is 0 Å². The van der Waals surface area contributed by atoms with Crippen LogP contribution < -0.4 is 5.32 Å². The quantitative estimate of drug-likeness (QED) is 0.120. The number of hydrogen-bond donors (Lipinski definition) is 3. The number of amides is 3. The topological polar surface area (TPSA) is 186 Å². The second-order valence-electron chi connectivity index (χ2n) is 22.2. The van der Waals surface area contributed by atoms with Gasteiger partial charge in [0.15, 0.2) is 0 Å². The Labute approximate surface area is 478 Å². The van der Waals surface area contributed by atoms with Crippen LogP contribution in [0.25, 0.3) is 0 Å². The Morgan fingerprint density at radius 2 is 1.19 bits per heavy atom. The van der Waals surface area contributed by atoms with E-state index in [2.05, 4.69) is 82.1 Å². The van der Waals surface area contributed by atoms with Crippen molar-refractivity contribution in [3.05, 3.63) is 143 Å². The number of benzene rings is 2. The van der Waals surface area contributed by atoms with Crippen LogP contribution in [0.1, 0.15) is 136 Å². The summed E-state index contributed by atoms with van der Waals surface area (Å²) in [6.07, 6.45) is 12.3. The number of rotatable bonds is 10. The van der Waals surface area contributed by atoms with E-state index < -0.39 is 41.4 Å². The van der Waals surface area contributed by atoms with Crippen LogP contribution in [0.2, 0.25) is 10.0 Å². The predicted octanol–water partition coefficient (Wildman–Crippen LogP) is 11.1. The van der Waals surface area contributed by atoms with E-state index in [1.807, 2.05) is 63.5 Å². The number of aryl methyl sites for hydroxylation is 4. The Bertz CT molecular complexity index is 2830. The third-order valence-electron chi connectivity index (χ3n) is 14.4. The summed E-state index contributed by atoms with van der Waals surface area (Å²) in [4.78, 5) is 76.8. The molecule has 412 valence electrons. The Kier molecular flexibility index (Phi) is 18.8. The number of pyridine rings is 2. The van der Waals surface area contributed by atoms with Crippen molar-refractivity contribution in [2.45, 2.75) is 135 Å². The molecule has 2 aromatic carbocycles. The number of halogens is 4. The molecular formula is C57H69Br2Cl2N9O7. The van der Waals surface area contributed by atoms with Crippen LogP contribution in [0.15, 0.2) is 82.4 Å². The second-order valence-corrected chi connectivity index (χ2v) is 24.9. The van der Waals surface area contributed by atoms with E-state index in [1.165, 1.54) is 10.5 Å². The van der Waals surface area contributed by atoms with Gasteiger partial charge in [-0.25, -0.2) is 19.4 Å². The number of carboxylic acid groups (broad SMARTS) is 1. The van der Waals surface area contributed by atoms with Gasteiger partial charge < -0.3 is 24.9 Å². The lowest BCUT2D eigenvalue weighted by molar-refractivity contribution is -0.146. The molecule has 4 aliphatic rings. The highest BCUT2D eigenvalue weighted by molar-refractivity contribution is 9.10. The highest BCUT2D eigenvalue weighted by atomic mass is 79.9. The minimum absolute atomic E-state index is 0.101. The number of nitrogens with one attached hydrogen (secondary N) is 2. The molecule has 3 aromatic heterocycles. The maximum Gasteiger partial charge on any atom is 0.411 e. The van der Waals surface area contributed by atoms with Crippen molar-refractivity contribution in [3.8, 4) is 0 Å². The molecule has 2 saturated heterocycles. The average molecular weight is 1220 g/mol. The highest BCUT2D eigenvalue weighted by Crippen LogP contribution is 2.41. The zero-order chi connectivity index (χ0) is 55.3. The number of hydrogen-bond acceptors (Lipinski definition) is 11. The zero-order valence-electron chi connectivity index (χ0n) is 44.8. The number of piperazine rings is 2. The number of nitrogens with zero attached hydrogens (tertiary/aromatic N) is 7. The number of unbranched alkanes of at least 4 members (excludes halogenated alkanes) is 1. The lowest BCUT2D eigenvalue weighted by Crippen LogP contribution is -2.62. The maximum absolute atomic E-state index is 14.1. The van der Waals surface area contributed by atoms with Gasteiger partial charge in [-0.15, -0.1) is 0 Å². The fourth-order valence-electron chi connectivity index (χ4n) is 10.8. The molecular weight excluding hydrogens is 1150 g/mol. The van der Waals surface area contributed by atoms with Crippen LogP contribution >= 0.6 is 55.1 Å². The number of carbonyl (C=O) groups is 4. The number of H-pyrrole nitrogens is 1. The van der Waals surface area contributed by atoms with Crippen LogP contribution in [0.5, 0.6) is 0 Å². The molecule has 3 amide bonds. The van der Waals surface area contributed by atoms with Crippen molar-refractivity contribution < 1.29 is 33.8 Å². The molecule has 0 saturated carbocycles. The van der Waals surface area contributed by atoms with Gasteiger partial charge >= 0.3 is 18.2 Å². The third-order valence-corrected chi connectivity index (χ3v) is 15.7. The minimum Gasteiger partial charge on any atom is -0.480 e. The Morgan fingerprint density at radius 3 is 1.65 bits per heavy atom. The van der Waals surface area contributed by atoms with Crippen molar-refractivity contribution in [1.82, 2.24) is 44.9 Å². The summed E-state index contributed by atoms with van der Waals surface area (Å²) in [5, 5.41) is 14.5. The third kappa shape index (κ3) is 14.4. The van der Waals surface area contributed by atoms with Crippen LogP contribution in [-0.4, -0.2) is 138 Å². The standard InChI is InChI=1S/C33H42BrClN6O3.C24H27BrClN3O4/c1-5-6-7-23(27-18-36-20-39-27)16-38-31(42)28-19-40(12-13-41(28)32(43)44-33(2,3)4)30-26-11-10-25(35)15-21(26)8-9-22-14-24(34)17-37-29(22)30;1-24(2,3)33-23(32)29-9-8-28(13-19(29)22(30)31)21-18-7-6-17(26)11-14(18)4-5-15-10-16(25)12-27-20(15)21/h10-11,14-15,17-18,20,23,28,30H,5-9,12-13,16,19H2,1-4H3,(H,36,39)(H,38,42);6-7,10-12,19,21H,4-5,8-9,13H2,1-3H3,(H,30,31)/t23?,28-,30?;19-,21?/m11/s1. The first-order valence-corrected chi connectivity index (χ1v) is 28.7. The molecule has 0 spiro atoms. The monoisotopic (exact) mass is 1220 g/mol. The molecule has 5 atom stereocenters. The first kappa shape index (κ1) is 58.0. The molecule has 20 heteroatoms. The van der Waals surface area contributed by atoms with Crippen molar-refractivity contribution >= 4 is 79.1 Å². The number of ether oxygens (including phenoxy) is 2. The molecule has 2 aliphatic carbocycles. The van der Waals surface area contributed by atoms with Gasteiger partial charge in [0, 0.05) is 95.0 Å². The SMILES string of the molecule is CC(C)(C)OC(=O)N1CCN(C2c3ccc(Cl)cc3CCc3cc(Br)cnc32)C[C@@H]1C(=O)O.CCCCC(CNC(=O)[C@H]1CN(C2c3ccc(Cl)cc3CCc3cc(Br)cnc32)CCN1C(=O)OC(C)(C)C)c1cnc[nH]1. The average Bonchev–Trinajstić information content (AvgIpc) is 3.83. The molecule has 5 heterocycles. The van der Waals surface area contributed by atoms with Crippen LogP contribution in [-0.2, 0) is 44.7 Å². The molecule has 9 rings (SSSR count). The van der Waals surface area contributed by atoms with Crippen molar-refractivity contribution in [2.75, 3.05) is 45.8 Å². The van der Waals surface area contributed by atoms with Crippen molar-refractivity contribution in [2.24, 2.45) is 0 Å². The number of carbonyl (C=O) groups excluding carboxylic acids is 3. The lowest BCUT2D eigenvalue weighted by Gasteiger charge is -2.44. The molecule has 3 N–H and O–H groups in total. The molecule has 0 bridgehead atoms.